The molecule has 34 heavy (non-hydrogen) atoms. The highest BCUT2D eigenvalue weighted by atomic mass is 32.2. The van der Waals surface area contributed by atoms with Crippen LogP contribution in [0, 0.1) is 0 Å². The van der Waals surface area contributed by atoms with E-state index < -0.39 is 10.0 Å². The third-order valence-electron chi connectivity index (χ3n) is 6.10. The summed E-state index contributed by atoms with van der Waals surface area (Å²) in [7, 11) is 0.841. The van der Waals surface area contributed by atoms with Gasteiger partial charge in [0.05, 0.1) is 24.2 Å². The highest BCUT2D eigenvalue weighted by molar-refractivity contribution is 7.92. The Morgan fingerprint density at radius 1 is 1.03 bits per heavy atom. The predicted molar refractivity (Wildman–Crippen MR) is 128 cm³/mol. The first-order valence-electron chi connectivity index (χ1n) is 11.2. The summed E-state index contributed by atoms with van der Waals surface area (Å²) in [6, 6.07) is 12.9. The van der Waals surface area contributed by atoms with Crippen molar-refractivity contribution in [1.82, 2.24) is 19.7 Å². The number of ether oxygens (including phenoxy) is 1. The molecule has 0 atom stereocenters. The average Bonchev–Trinajstić information content (AvgIpc) is 3.07. The average molecular weight is 484 g/mol. The van der Waals surface area contributed by atoms with Crippen molar-refractivity contribution in [3.63, 3.8) is 0 Å². The Morgan fingerprint density at radius 2 is 1.76 bits per heavy atom. The molecule has 0 fully saturated rings. The normalized spacial score (nSPS) is 13.6. The van der Waals surface area contributed by atoms with E-state index in [1.165, 1.54) is 49.1 Å². The number of hydrogen-bond donors (Lipinski definition) is 0. The van der Waals surface area contributed by atoms with E-state index in [1.54, 1.807) is 36.2 Å². The zero-order valence-electron chi connectivity index (χ0n) is 19.6. The van der Waals surface area contributed by atoms with Crippen LogP contribution in [0.2, 0.25) is 0 Å². The number of para-hydroxylation sites is 2. The zero-order valence-corrected chi connectivity index (χ0v) is 20.5. The number of fused-ring (bicyclic) bond motifs is 1. The summed E-state index contributed by atoms with van der Waals surface area (Å²) in [5, 5.41) is 8.58. The van der Waals surface area contributed by atoms with Crippen LogP contribution in [0.3, 0.4) is 0 Å². The molecule has 1 aliphatic rings. The molecule has 0 N–H and O–H groups in total. The van der Waals surface area contributed by atoms with Gasteiger partial charge in [0, 0.05) is 32.6 Å². The maximum atomic E-state index is 13.1. The molecule has 1 aliphatic heterocycles. The van der Waals surface area contributed by atoms with Gasteiger partial charge >= 0.3 is 0 Å². The Morgan fingerprint density at radius 3 is 2.50 bits per heavy atom. The Kier molecular flexibility index (Phi) is 6.87. The largest absolute Gasteiger partial charge is 0.495 e. The minimum atomic E-state index is -3.84. The highest BCUT2D eigenvalue weighted by Crippen LogP contribution is 2.31. The molecule has 4 rings (SSSR count). The third kappa shape index (κ3) is 4.63. The van der Waals surface area contributed by atoms with Gasteiger partial charge in [0.2, 0.25) is 0 Å². The van der Waals surface area contributed by atoms with Gasteiger partial charge in [0.1, 0.15) is 11.6 Å². The Balaban J connectivity index is 1.49. The topological polar surface area (TPSA) is 97.6 Å². The number of rotatable bonds is 7. The number of carbonyl (C=O) groups excluding carboxylic acids is 1. The van der Waals surface area contributed by atoms with Crippen LogP contribution in [-0.4, -0.2) is 55.2 Å². The van der Waals surface area contributed by atoms with Crippen LogP contribution >= 0.6 is 0 Å². The minimum Gasteiger partial charge on any atom is -0.495 e. The lowest BCUT2D eigenvalue weighted by Gasteiger charge is -2.22. The van der Waals surface area contributed by atoms with Gasteiger partial charge in [0.15, 0.2) is 5.82 Å². The van der Waals surface area contributed by atoms with Gasteiger partial charge in [-0.05, 0) is 49.2 Å². The number of benzene rings is 2. The van der Waals surface area contributed by atoms with Crippen molar-refractivity contribution in [2.24, 2.45) is 0 Å². The molecular weight excluding hydrogens is 454 g/mol. The minimum absolute atomic E-state index is 0.0860. The number of aryl methyl sites for hydroxylation is 1. The second-order valence-corrected chi connectivity index (χ2v) is 10.3. The summed E-state index contributed by atoms with van der Waals surface area (Å²) >= 11 is 0. The molecule has 180 valence electrons. The lowest BCUT2D eigenvalue weighted by atomic mass is 10.2. The van der Waals surface area contributed by atoms with Crippen molar-refractivity contribution in [2.75, 3.05) is 25.5 Å². The lowest BCUT2D eigenvalue weighted by Crippen LogP contribution is -2.28. The van der Waals surface area contributed by atoms with Crippen LogP contribution in [-0.2, 0) is 29.5 Å². The number of aromatic nitrogens is 3. The fourth-order valence-corrected chi connectivity index (χ4v) is 5.32. The monoisotopic (exact) mass is 483 g/mol. The number of carbonyl (C=O) groups is 1. The molecule has 1 aromatic heterocycles. The van der Waals surface area contributed by atoms with Crippen molar-refractivity contribution in [1.29, 1.82) is 0 Å². The van der Waals surface area contributed by atoms with Gasteiger partial charge in [-0.15, -0.1) is 10.2 Å². The fraction of sp³-hybridized carbons (Fsp3) is 0.375. The Bertz CT molecular complexity index is 1270. The van der Waals surface area contributed by atoms with Crippen LogP contribution in [0.5, 0.6) is 5.75 Å². The highest BCUT2D eigenvalue weighted by Gasteiger charge is 2.25. The summed E-state index contributed by atoms with van der Waals surface area (Å²) in [6.07, 6.45) is 4.26. The molecule has 0 saturated carbocycles. The van der Waals surface area contributed by atoms with Gasteiger partial charge in [-0.1, -0.05) is 18.6 Å². The van der Waals surface area contributed by atoms with Gasteiger partial charge in [-0.2, -0.15) is 0 Å². The fourth-order valence-electron chi connectivity index (χ4n) is 4.11. The molecule has 0 spiro atoms. The number of anilines is 1. The molecule has 0 saturated heterocycles. The van der Waals surface area contributed by atoms with Gasteiger partial charge in [0.25, 0.3) is 15.9 Å². The number of amides is 1. The SMILES string of the molecule is COc1ccccc1N(C)S(=O)(=O)c1ccc(C(=O)N(C)Cc2nnc3n2CCCCC3)cc1. The molecule has 9 nitrogen and oxygen atoms in total. The van der Waals surface area contributed by atoms with Crippen molar-refractivity contribution in [3.8, 4) is 5.75 Å². The molecule has 0 bridgehead atoms. The smallest absolute Gasteiger partial charge is 0.264 e. The van der Waals surface area contributed by atoms with Crippen LogP contribution < -0.4 is 9.04 Å². The molecule has 0 unspecified atom stereocenters. The second kappa shape index (κ2) is 9.84. The van der Waals surface area contributed by atoms with E-state index in [0.29, 0.717) is 23.5 Å². The first kappa shape index (κ1) is 23.7. The maximum absolute atomic E-state index is 13.1. The van der Waals surface area contributed by atoms with E-state index in [4.69, 9.17) is 4.74 Å². The Labute approximate surface area is 200 Å². The number of hydrogen-bond acceptors (Lipinski definition) is 6. The van der Waals surface area contributed by atoms with Crippen LogP contribution in [0.4, 0.5) is 5.69 Å². The van der Waals surface area contributed by atoms with E-state index in [9.17, 15) is 13.2 Å². The van der Waals surface area contributed by atoms with Crippen molar-refractivity contribution >= 4 is 21.6 Å². The lowest BCUT2D eigenvalue weighted by molar-refractivity contribution is 0.0779. The van der Waals surface area contributed by atoms with Crippen LogP contribution in [0.25, 0.3) is 0 Å². The first-order chi connectivity index (χ1) is 16.3. The van der Waals surface area contributed by atoms with E-state index in [1.807, 2.05) is 0 Å². The maximum Gasteiger partial charge on any atom is 0.264 e. The molecule has 2 aromatic carbocycles. The Hall–Kier alpha value is -3.40. The van der Waals surface area contributed by atoms with E-state index in [0.717, 1.165) is 37.5 Å². The molecule has 3 aromatic rings. The quantitative estimate of drug-likeness (QED) is 0.512. The zero-order chi connectivity index (χ0) is 24.3. The molecule has 1 amide bonds. The van der Waals surface area contributed by atoms with E-state index in [2.05, 4.69) is 14.8 Å². The summed E-state index contributed by atoms with van der Waals surface area (Å²) in [6.45, 7) is 1.20. The number of methoxy groups -OCH3 is 1. The predicted octanol–water partition coefficient (Wildman–Crippen LogP) is 3.11. The van der Waals surface area contributed by atoms with E-state index >= 15 is 0 Å². The molecule has 0 aliphatic carbocycles. The van der Waals surface area contributed by atoms with E-state index in [-0.39, 0.29) is 10.8 Å². The summed E-state index contributed by atoms with van der Waals surface area (Å²) < 4.78 is 34.9. The van der Waals surface area contributed by atoms with Gasteiger partial charge in [-0.3, -0.25) is 9.10 Å². The summed E-state index contributed by atoms with van der Waals surface area (Å²) in [5.74, 6) is 1.98. The molecular formula is C24H29N5O4S. The van der Waals surface area contributed by atoms with Crippen molar-refractivity contribution < 1.29 is 17.9 Å². The molecule has 10 heteroatoms. The molecule has 0 radical (unpaired) electrons. The number of sulfonamides is 1. The second-order valence-electron chi connectivity index (χ2n) is 8.32. The van der Waals surface area contributed by atoms with Gasteiger partial charge in [-0.25, -0.2) is 8.42 Å². The first-order valence-corrected chi connectivity index (χ1v) is 12.7. The number of nitrogens with zero attached hydrogens (tertiary/aromatic N) is 5. The molecule has 2 heterocycles. The summed E-state index contributed by atoms with van der Waals surface area (Å²) in [4.78, 5) is 14.7. The summed E-state index contributed by atoms with van der Waals surface area (Å²) in [5.41, 5.74) is 0.828. The standard InChI is InChI=1S/C24H29N5O4S/c1-27(17-23-26-25-22-11-5-4-8-16-29(22)23)24(30)18-12-14-19(15-13-18)34(31,32)28(2)20-9-6-7-10-21(20)33-3/h6-7,9-10,12-15H,4-5,8,11,16-17H2,1-3H3. The van der Waals surface area contributed by atoms with Crippen LogP contribution in [0.15, 0.2) is 53.4 Å². The van der Waals surface area contributed by atoms with Gasteiger partial charge < -0.3 is 14.2 Å². The van der Waals surface area contributed by atoms with Crippen molar-refractivity contribution in [3.05, 3.63) is 65.7 Å². The van der Waals surface area contributed by atoms with Crippen molar-refractivity contribution in [2.45, 2.75) is 43.7 Å². The third-order valence-corrected chi connectivity index (χ3v) is 7.88. The van der Waals surface area contributed by atoms with Crippen LogP contribution in [0.1, 0.15) is 41.3 Å².